The Bertz CT molecular complexity index is 1330. The summed E-state index contributed by atoms with van der Waals surface area (Å²) in [4.78, 5) is 29.6. The van der Waals surface area contributed by atoms with Crippen LogP contribution in [0, 0.1) is 6.92 Å². The number of rotatable bonds is 6. The molecule has 0 aliphatic carbocycles. The number of halogens is 2. The quantitative estimate of drug-likeness (QED) is 0.480. The first-order valence-corrected chi connectivity index (χ1v) is 10.4. The van der Waals surface area contributed by atoms with Gasteiger partial charge in [-0.1, -0.05) is 53.0 Å². The van der Waals surface area contributed by atoms with Crippen molar-refractivity contribution in [3.8, 4) is 0 Å². The van der Waals surface area contributed by atoms with Gasteiger partial charge in [-0.05, 0) is 30.7 Å². The molecule has 31 heavy (non-hydrogen) atoms. The van der Waals surface area contributed by atoms with Gasteiger partial charge in [-0.25, -0.2) is 9.67 Å². The highest BCUT2D eigenvalue weighted by atomic mass is 35.5. The molecular weight excluding hydrogens is 437 g/mol. The second-order valence-electron chi connectivity index (χ2n) is 7.15. The molecule has 2 heterocycles. The summed E-state index contributed by atoms with van der Waals surface area (Å²) < 4.78 is 3.15. The molecule has 0 saturated carbocycles. The number of fused-ring (bicyclic) bond motifs is 1. The summed E-state index contributed by atoms with van der Waals surface area (Å²) in [5.41, 5.74) is 2.77. The van der Waals surface area contributed by atoms with Crippen LogP contribution in [0.1, 0.15) is 21.5 Å². The highest BCUT2D eigenvalue weighted by molar-refractivity contribution is 6.35. The number of carbonyl (C=O) groups is 1. The van der Waals surface area contributed by atoms with Gasteiger partial charge in [-0.15, -0.1) is 0 Å². The zero-order chi connectivity index (χ0) is 22.0. The normalized spacial score (nSPS) is 11.1. The lowest BCUT2D eigenvalue weighted by atomic mass is 10.1. The molecule has 2 aromatic carbocycles. The number of nitrogens with zero attached hydrogens (tertiary/aromatic N) is 4. The van der Waals surface area contributed by atoms with Gasteiger partial charge >= 0.3 is 0 Å². The molecule has 1 amide bonds. The van der Waals surface area contributed by atoms with Crippen LogP contribution in [0.15, 0.2) is 59.8 Å². The van der Waals surface area contributed by atoms with E-state index in [1.54, 1.807) is 21.4 Å². The van der Waals surface area contributed by atoms with E-state index in [1.807, 2.05) is 31.2 Å². The van der Waals surface area contributed by atoms with Crippen LogP contribution in [0.3, 0.4) is 0 Å². The van der Waals surface area contributed by atoms with Gasteiger partial charge < -0.3 is 5.32 Å². The maximum absolute atomic E-state index is 12.8. The van der Waals surface area contributed by atoms with E-state index in [0.717, 1.165) is 11.1 Å². The molecule has 0 radical (unpaired) electrons. The maximum atomic E-state index is 12.8. The van der Waals surface area contributed by atoms with Crippen molar-refractivity contribution in [1.29, 1.82) is 0 Å². The Morgan fingerprint density at radius 3 is 2.81 bits per heavy atom. The topological polar surface area (TPSA) is 81.8 Å². The average molecular weight is 456 g/mol. The van der Waals surface area contributed by atoms with Gasteiger partial charge in [0.25, 0.3) is 11.5 Å². The monoisotopic (exact) mass is 455 g/mol. The summed E-state index contributed by atoms with van der Waals surface area (Å²) in [6.45, 7) is 3.08. The van der Waals surface area contributed by atoms with Crippen molar-refractivity contribution in [2.24, 2.45) is 0 Å². The number of aromatic nitrogens is 4. The van der Waals surface area contributed by atoms with Crippen LogP contribution in [0.4, 0.5) is 0 Å². The van der Waals surface area contributed by atoms with Crippen molar-refractivity contribution in [3.63, 3.8) is 0 Å². The molecule has 7 nitrogen and oxygen atoms in total. The predicted octanol–water partition coefficient (Wildman–Crippen LogP) is 3.69. The van der Waals surface area contributed by atoms with Crippen LogP contribution in [-0.4, -0.2) is 31.8 Å². The molecule has 158 valence electrons. The second kappa shape index (κ2) is 8.91. The number of amides is 1. The fourth-order valence-electron chi connectivity index (χ4n) is 3.32. The summed E-state index contributed by atoms with van der Waals surface area (Å²) in [6.07, 6.45) is 3.03. The van der Waals surface area contributed by atoms with E-state index in [-0.39, 0.29) is 18.0 Å². The number of hydrogen-bond acceptors (Lipinski definition) is 4. The Labute approximate surface area is 188 Å². The Hall–Kier alpha value is -3.16. The molecule has 0 unspecified atom stereocenters. The van der Waals surface area contributed by atoms with Crippen molar-refractivity contribution >= 4 is 40.1 Å². The molecule has 4 aromatic rings. The molecule has 0 spiro atoms. The maximum Gasteiger partial charge on any atom is 0.264 e. The first-order chi connectivity index (χ1) is 14.9. The van der Waals surface area contributed by atoms with Gasteiger partial charge in [0, 0.05) is 11.6 Å². The Morgan fingerprint density at radius 2 is 2.00 bits per heavy atom. The van der Waals surface area contributed by atoms with E-state index in [1.165, 1.54) is 18.6 Å². The smallest absolute Gasteiger partial charge is 0.264 e. The van der Waals surface area contributed by atoms with E-state index in [9.17, 15) is 9.59 Å². The number of nitrogens with one attached hydrogen (secondary N) is 1. The zero-order valence-electron chi connectivity index (χ0n) is 16.7. The van der Waals surface area contributed by atoms with Gasteiger partial charge in [0.15, 0.2) is 5.65 Å². The molecule has 9 heteroatoms. The van der Waals surface area contributed by atoms with E-state index in [4.69, 9.17) is 23.2 Å². The number of benzene rings is 2. The van der Waals surface area contributed by atoms with E-state index in [0.29, 0.717) is 39.7 Å². The summed E-state index contributed by atoms with van der Waals surface area (Å²) in [6, 6.07) is 12.7. The predicted molar refractivity (Wildman–Crippen MR) is 121 cm³/mol. The molecule has 0 aliphatic heterocycles. The Kier molecular flexibility index (Phi) is 6.06. The lowest BCUT2D eigenvalue weighted by Gasteiger charge is -2.09. The zero-order valence-corrected chi connectivity index (χ0v) is 18.2. The van der Waals surface area contributed by atoms with Crippen LogP contribution in [0.25, 0.3) is 11.0 Å². The number of carbonyl (C=O) groups excluding carboxylic acids is 1. The summed E-state index contributed by atoms with van der Waals surface area (Å²) in [5, 5.41) is 8.22. The van der Waals surface area contributed by atoms with Gasteiger partial charge in [0.05, 0.1) is 29.9 Å². The number of hydrogen-bond donors (Lipinski definition) is 1. The number of aryl methyl sites for hydroxylation is 1. The summed E-state index contributed by atoms with van der Waals surface area (Å²) in [7, 11) is 0. The molecule has 0 bridgehead atoms. The van der Waals surface area contributed by atoms with Crippen molar-refractivity contribution in [3.05, 3.63) is 92.1 Å². The van der Waals surface area contributed by atoms with E-state index >= 15 is 0 Å². The standard InChI is InChI=1S/C22H19Cl2N5O2/c1-14-3-2-4-15(9-14)12-28-13-26-20-18(22(28)31)11-27-29(20)8-7-25-21(30)17-10-16(23)5-6-19(17)24/h2-6,9-11,13H,7-8,12H2,1H3,(H,25,30). The van der Waals surface area contributed by atoms with Gasteiger partial charge in [0.2, 0.25) is 0 Å². The third kappa shape index (κ3) is 4.62. The highest BCUT2D eigenvalue weighted by Crippen LogP contribution is 2.20. The first kappa shape index (κ1) is 21.1. The largest absolute Gasteiger partial charge is 0.350 e. The Morgan fingerprint density at radius 1 is 1.16 bits per heavy atom. The van der Waals surface area contributed by atoms with Crippen molar-refractivity contribution in [1.82, 2.24) is 24.6 Å². The third-order valence-corrected chi connectivity index (χ3v) is 5.40. The SMILES string of the molecule is Cc1cccc(Cn2cnc3c(cnn3CCNC(=O)c3cc(Cl)ccc3Cl)c2=O)c1. The minimum absolute atomic E-state index is 0.160. The fourth-order valence-corrected chi connectivity index (χ4v) is 3.70. The Balaban J connectivity index is 1.47. The fraction of sp³-hybridized carbons (Fsp3) is 0.182. The lowest BCUT2D eigenvalue weighted by molar-refractivity contribution is 0.0952. The molecule has 0 atom stereocenters. The first-order valence-electron chi connectivity index (χ1n) is 9.62. The van der Waals surface area contributed by atoms with E-state index < -0.39 is 0 Å². The molecule has 0 aliphatic rings. The van der Waals surface area contributed by atoms with Gasteiger partial charge in [-0.3, -0.25) is 14.2 Å². The summed E-state index contributed by atoms with van der Waals surface area (Å²) in [5.74, 6) is -0.336. The third-order valence-electron chi connectivity index (χ3n) is 4.84. The van der Waals surface area contributed by atoms with Gasteiger partial charge in [-0.2, -0.15) is 5.10 Å². The van der Waals surface area contributed by atoms with Crippen LogP contribution in [-0.2, 0) is 13.1 Å². The van der Waals surface area contributed by atoms with Crippen LogP contribution >= 0.6 is 23.2 Å². The molecule has 1 N–H and O–H groups in total. The minimum atomic E-state index is -0.336. The van der Waals surface area contributed by atoms with E-state index in [2.05, 4.69) is 15.4 Å². The minimum Gasteiger partial charge on any atom is -0.350 e. The second-order valence-corrected chi connectivity index (χ2v) is 8.00. The highest BCUT2D eigenvalue weighted by Gasteiger charge is 2.13. The van der Waals surface area contributed by atoms with Crippen molar-refractivity contribution in [2.45, 2.75) is 20.0 Å². The molecule has 4 rings (SSSR count). The average Bonchev–Trinajstić information content (AvgIpc) is 3.15. The van der Waals surface area contributed by atoms with Crippen molar-refractivity contribution < 1.29 is 4.79 Å². The van der Waals surface area contributed by atoms with Crippen LogP contribution in [0.2, 0.25) is 10.0 Å². The van der Waals surface area contributed by atoms with Crippen LogP contribution in [0.5, 0.6) is 0 Å². The molecule has 0 fully saturated rings. The molecule has 2 aromatic heterocycles. The molecule has 0 saturated heterocycles. The molecular formula is C22H19Cl2N5O2. The van der Waals surface area contributed by atoms with Crippen molar-refractivity contribution in [2.75, 3.05) is 6.54 Å². The van der Waals surface area contributed by atoms with Gasteiger partial charge in [0.1, 0.15) is 11.7 Å². The summed E-state index contributed by atoms with van der Waals surface area (Å²) >= 11 is 12.0. The lowest BCUT2D eigenvalue weighted by Crippen LogP contribution is -2.28. The van der Waals surface area contributed by atoms with Crippen LogP contribution < -0.4 is 10.9 Å².